The maximum absolute atomic E-state index is 12.7. The molecule has 0 spiro atoms. The van der Waals surface area contributed by atoms with E-state index in [1.165, 1.54) is 14.0 Å². The number of Topliss-reactive ketones (excluding diaryl/α,β-unsaturated/α-hetero) is 1. The number of H-pyrrole nitrogens is 1. The van der Waals surface area contributed by atoms with Crippen LogP contribution in [0.25, 0.3) is 0 Å². The average Bonchev–Trinajstić information content (AvgIpc) is 2.94. The lowest BCUT2D eigenvalue weighted by Crippen LogP contribution is -2.25. The van der Waals surface area contributed by atoms with Crippen LogP contribution in [0.1, 0.15) is 49.4 Å². The molecule has 0 aliphatic heterocycles. The molecule has 2 aromatic rings. The predicted octanol–water partition coefficient (Wildman–Crippen LogP) is 2.91. The van der Waals surface area contributed by atoms with Gasteiger partial charge in [0.25, 0.3) is 0 Å². The number of methoxy groups -OCH3 is 1. The van der Waals surface area contributed by atoms with Gasteiger partial charge in [-0.05, 0) is 44.5 Å². The van der Waals surface area contributed by atoms with Crippen molar-refractivity contribution in [3.05, 3.63) is 52.3 Å². The van der Waals surface area contributed by atoms with E-state index in [-0.39, 0.29) is 5.69 Å². The standard InChI is InChI=1S/C20H24N2O5/c1-11-16(20(25)26-6)12(2)21-17(11)18(23)13(3)27-19(24)14-8-7-9-15(10-14)22(4)5/h7-10,13,21H,1-6H3/t13-/m0/s1. The molecule has 1 N–H and O–H groups in total. The maximum atomic E-state index is 12.7. The zero-order chi connectivity index (χ0) is 20.3. The van der Waals surface area contributed by atoms with Gasteiger partial charge in [0.1, 0.15) is 0 Å². The van der Waals surface area contributed by atoms with Gasteiger partial charge in [-0.3, -0.25) is 4.79 Å². The Hall–Kier alpha value is -3.09. The fourth-order valence-corrected chi connectivity index (χ4v) is 2.80. The third-order valence-corrected chi connectivity index (χ3v) is 4.32. The number of esters is 2. The molecule has 27 heavy (non-hydrogen) atoms. The van der Waals surface area contributed by atoms with Gasteiger partial charge in [-0.15, -0.1) is 0 Å². The summed E-state index contributed by atoms with van der Waals surface area (Å²) in [5.74, 6) is -1.53. The summed E-state index contributed by atoms with van der Waals surface area (Å²) in [5, 5.41) is 0. The summed E-state index contributed by atoms with van der Waals surface area (Å²) in [7, 11) is 5.01. The zero-order valence-corrected chi connectivity index (χ0v) is 16.4. The van der Waals surface area contributed by atoms with Crippen LogP contribution in [0.3, 0.4) is 0 Å². The minimum Gasteiger partial charge on any atom is -0.465 e. The van der Waals surface area contributed by atoms with Gasteiger partial charge in [0.15, 0.2) is 6.10 Å². The largest absolute Gasteiger partial charge is 0.465 e. The fourth-order valence-electron chi connectivity index (χ4n) is 2.80. The SMILES string of the molecule is COC(=O)c1c(C)[nH]c(C(=O)[C@H](C)OC(=O)c2cccc(N(C)C)c2)c1C. The van der Waals surface area contributed by atoms with Crippen LogP contribution in [0.15, 0.2) is 24.3 Å². The summed E-state index contributed by atoms with van der Waals surface area (Å²) >= 11 is 0. The van der Waals surface area contributed by atoms with Crippen molar-refractivity contribution in [3.8, 4) is 0 Å². The quantitative estimate of drug-likeness (QED) is 0.620. The van der Waals surface area contributed by atoms with Crippen molar-refractivity contribution in [2.45, 2.75) is 26.9 Å². The second kappa shape index (κ2) is 8.07. The molecule has 0 radical (unpaired) electrons. The van der Waals surface area contributed by atoms with Crippen LogP contribution in [-0.4, -0.2) is 50.0 Å². The molecule has 1 atom stereocenters. The number of carbonyl (C=O) groups excluding carboxylic acids is 3. The first-order chi connectivity index (χ1) is 12.7. The lowest BCUT2D eigenvalue weighted by atomic mass is 10.1. The van der Waals surface area contributed by atoms with Gasteiger partial charge in [0.05, 0.1) is 23.9 Å². The van der Waals surface area contributed by atoms with Crippen molar-refractivity contribution >= 4 is 23.4 Å². The summed E-state index contributed by atoms with van der Waals surface area (Å²) in [6.45, 7) is 4.83. The molecule has 0 unspecified atom stereocenters. The summed E-state index contributed by atoms with van der Waals surface area (Å²) in [6, 6.07) is 6.94. The first kappa shape index (κ1) is 20.2. The van der Waals surface area contributed by atoms with E-state index in [0.29, 0.717) is 22.4 Å². The van der Waals surface area contributed by atoms with Crippen LogP contribution >= 0.6 is 0 Å². The molecule has 1 aromatic heterocycles. The van der Waals surface area contributed by atoms with E-state index < -0.39 is 23.8 Å². The number of rotatable bonds is 6. The highest BCUT2D eigenvalue weighted by atomic mass is 16.5. The average molecular weight is 372 g/mol. The number of benzene rings is 1. The minimum atomic E-state index is -1.01. The van der Waals surface area contributed by atoms with Crippen molar-refractivity contribution < 1.29 is 23.9 Å². The van der Waals surface area contributed by atoms with E-state index in [9.17, 15) is 14.4 Å². The molecule has 144 valence electrons. The number of nitrogens with one attached hydrogen (secondary N) is 1. The summed E-state index contributed by atoms with van der Waals surface area (Å²) in [4.78, 5) is 41.7. The summed E-state index contributed by atoms with van der Waals surface area (Å²) in [5.41, 5.74) is 2.76. The number of hydrogen-bond donors (Lipinski definition) is 1. The Balaban J connectivity index is 2.20. The van der Waals surface area contributed by atoms with E-state index in [1.54, 1.807) is 32.0 Å². The van der Waals surface area contributed by atoms with Crippen LogP contribution in [0.5, 0.6) is 0 Å². The molecule has 0 fully saturated rings. The van der Waals surface area contributed by atoms with Crippen molar-refractivity contribution in [1.29, 1.82) is 0 Å². The number of ketones is 1. The number of aromatic nitrogens is 1. The maximum Gasteiger partial charge on any atom is 0.339 e. The van der Waals surface area contributed by atoms with Gasteiger partial charge < -0.3 is 19.4 Å². The van der Waals surface area contributed by atoms with Gasteiger partial charge >= 0.3 is 11.9 Å². The number of ether oxygens (including phenoxy) is 2. The molecule has 7 heteroatoms. The molecule has 2 rings (SSSR count). The van der Waals surface area contributed by atoms with Crippen molar-refractivity contribution in [2.24, 2.45) is 0 Å². The van der Waals surface area contributed by atoms with E-state index >= 15 is 0 Å². The molecule has 0 saturated carbocycles. The van der Waals surface area contributed by atoms with Gasteiger partial charge in [-0.1, -0.05) is 6.07 Å². The highest BCUT2D eigenvalue weighted by Gasteiger charge is 2.27. The molecular weight excluding hydrogens is 348 g/mol. The van der Waals surface area contributed by atoms with Crippen molar-refractivity contribution in [3.63, 3.8) is 0 Å². The molecule has 0 bridgehead atoms. The summed E-state index contributed by atoms with van der Waals surface area (Å²) in [6.07, 6.45) is -1.01. The molecule has 7 nitrogen and oxygen atoms in total. The first-order valence-electron chi connectivity index (χ1n) is 8.47. The predicted molar refractivity (Wildman–Crippen MR) is 102 cm³/mol. The Morgan fingerprint density at radius 2 is 1.78 bits per heavy atom. The number of aromatic amines is 1. The first-order valence-corrected chi connectivity index (χ1v) is 8.47. The van der Waals surface area contributed by atoms with Crippen LogP contribution < -0.4 is 4.90 Å². The zero-order valence-electron chi connectivity index (χ0n) is 16.4. The van der Waals surface area contributed by atoms with Gasteiger partial charge in [-0.2, -0.15) is 0 Å². The summed E-state index contributed by atoms with van der Waals surface area (Å²) < 4.78 is 10.1. The third-order valence-electron chi connectivity index (χ3n) is 4.32. The molecular formula is C20H24N2O5. The Bertz CT molecular complexity index is 882. The highest BCUT2D eigenvalue weighted by Crippen LogP contribution is 2.21. The Morgan fingerprint density at radius 1 is 1.11 bits per heavy atom. The number of aryl methyl sites for hydroxylation is 1. The Labute approximate surface area is 158 Å². The molecule has 0 saturated heterocycles. The van der Waals surface area contributed by atoms with E-state index in [4.69, 9.17) is 9.47 Å². The second-order valence-electron chi connectivity index (χ2n) is 6.47. The topological polar surface area (TPSA) is 88.7 Å². The molecule has 0 aliphatic carbocycles. The highest BCUT2D eigenvalue weighted by molar-refractivity contribution is 6.04. The molecule has 1 heterocycles. The number of anilines is 1. The van der Waals surface area contributed by atoms with E-state index in [1.807, 2.05) is 25.1 Å². The van der Waals surface area contributed by atoms with Crippen molar-refractivity contribution in [2.75, 3.05) is 26.1 Å². The molecule has 0 aliphatic rings. The smallest absolute Gasteiger partial charge is 0.339 e. The van der Waals surface area contributed by atoms with Crippen LogP contribution in [-0.2, 0) is 9.47 Å². The second-order valence-corrected chi connectivity index (χ2v) is 6.47. The number of carbonyl (C=O) groups is 3. The van der Waals surface area contributed by atoms with Gasteiger partial charge in [0.2, 0.25) is 5.78 Å². The van der Waals surface area contributed by atoms with Crippen LogP contribution in [0.4, 0.5) is 5.69 Å². The van der Waals surface area contributed by atoms with Gasteiger partial charge in [-0.25, -0.2) is 9.59 Å². The lowest BCUT2D eigenvalue weighted by Gasteiger charge is -2.15. The van der Waals surface area contributed by atoms with Crippen molar-refractivity contribution in [1.82, 2.24) is 4.98 Å². The minimum absolute atomic E-state index is 0.232. The fraction of sp³-hybridized carbons (Fsp3) is 0.350. The Morgan fingerprint density at radius 3 is 2.37 bits per heavy atom. The third kappa shape index (κ3) is 4.19. The van der Waals surface area contributed by atoms with Crippen LogP contribution in [0, 0.1) is 13.8 Å². The molecule has 1 aromatic carbocycles. The lowest BCUT2D eigenvalue weighted by molar-refractivity contribution is 0.0317. The number of hydrogen-bond acceptors (Lipinski definition) is 6. The normalized spacial score (nSPS) is 11.6. The van der Waals surface area contributed by atoms with Gasteiger partial charge in [0, 0.05) is 25.5 Å². The number of nitrogens with zero attached hydrogens (tertiary/aromatic N) is 1. The van der Waals surface area contributed by atoms with E-state index in [0.717, 1.165) is 5.69 Å². The monoisotopic (exact) mass is 372 g/mol. The van der Waals surface area contributed by atoms with Crippen LogP contribution in [0.2, 0.25) is 0 Å². The molecule has 0 amide bonds. The van der Waals surface area contributed by atoms with E-state index in [2.05, 4.69) is 4.98 Å². The Kier molecular flexibility index (Phi) is 6.05.